The first-order chi connectivity index (χ1) is 10.5. The molecule has 3 aromatic rings. The summed E-state index contributed by atoms with van der Waals surface area (Å²) in [4.78, 5) is 11.5. The van der Waals surface area contributed by atoms with Gasteiger partial charge in [0, 0.05) is 11.8 Å². The van der Waals surface area contributed by atoms with E-state index in [9.17, 15) is 13.2 Å². The molecule has 0 bridgehead atoms. The van der Waals surface area contributed by atoms with Gasteiger partial charge in [0.05, 0.1) is 4.90 Å². The van der Waals surface area contributed by atoms with E-state index in [1.54, 1.807) is 30.3 Å². The van der Waals surface area contributed by atoms with Gasteiger partial charge in [0.1, 0.15) is 0 Å². The second-order valence-electron chi connectivity index (χ2n) is 5.16. The number of rotatable bonds is 3. The van der Waals surface area contributed by atoms with Crippen LogP contribution in [0.3, 0.4) is 0 Å². The number of hydrogen-bond donors (Lipinski definition) is 0. The van der Waals surface area contributed by atoms with Crippen molar-refractivity contribution in [3.8, 4) is 11.1 Å². The molecule has 0 heterocycles. The minimum absolute atomic E-state index is 0.296. The van der Waals surface area contributed by atoms with Gasteiger partial charge in [-0.2, -0.15) is 0 Å². The van der Waals surface area contributed by atoms with Crippen LogP contribution in [0.5, 0.6) is 0 Å². The molecule has 3 aromatic carbocycles. The first-order valence-corrected chi connectivity index (χ1v) is 8.67. The molecule has 22 heavy (non-hydrogen) atoms. The molecule has 0 aromatic heterocycles. The molecular formula is C18H14O3S. The van der Waals surface area contributed by atoms with E-state index in [2.05, 4.69) is 0 Å². The first kappa shape index (κ1) is 14.5. The Bertz CT molecular complexity index is 955. The van der Waals surface area contributed by atoms with E-state index in [1.165, 1.54) is 6.26 Å². The lowest BCUT2D eigenvalue weighted by Crippen LogP contribution is -1.96. The van der Waals surface area contributed by atoms with Gasteiger partial charge in [0.15, 0.2) is 16.1 Å². The monoisotopic (exact) mass is 310 g/mol. The minimum atomic E-state index is -3.20. The Morgan fingerprint density at radius 2 is 1.45 bits per heavy atom. The average molecular weight is 310 g/mol. The van der Waals surface area contributed by atoms with E-state index < -0.39 is 9.84 Å². The number of aldehydes is 1. The van der Waals surface area contributed by atoms with Crippen LogP contribution < -0.4 is 0 Å². The molecule has 0 saturated heterocycles. The van der Waals surface area contributed by atoms with Gasteiger partial charge in [-0.3, -0.25) is 4.79 Å². The molecule has 0 aliphatic rings. The van der Waals surface area contributed by atoms with Crippen LogP contribution in [0.15, 0.2) is 65.6 Å². The molecule has 0 aliphatic carbocycles. The Hall–Kier alpha value is -2.46. The summed E-state index contributed by atoms with van der Waals surface area (Å²) in [5.41, 5.74) is 2.54. The van der Waals surface area contributed by atoms with E-state index in [0.29, 0.717) is 10.5 Å². The topological polar surface area (TPSA) is 51.2 Å². The summed E-state index contributed by atoms with van der Waals surface area (Å²) in [5, 5.41) is 1.86. The Labute approximate surface area is 129 Å². The summed E-state index contributed by atoms with van der Waals surface area (Å²) >= 11 is 0. The van der Waals surface area contributed by atoms with Crippen LogP contribution in [0.4, 0.5) is 0 Å². The van der Waals surface area contributed by atoms with Gasteiger partial charge < -0.3 is 0 Å². The fourth-order valence-corrected chi connectivity index (χ4v) is 3.19. The Kier molecular flexibility index (Phi) is 3.54. The van der Waals surface area contributed by atoms with Crippen LogP contribution in [0.25, 0.3) is 21.9 Å². The molecule has 0 saturated carbocycles. The van der Waals surface area contributed by atoms with Gasteiger partial charge in [-0.15, -0.1) is 0 Å². The second-order valence-corrected chi connectivity index (χ2v) is 7.18. The van der Waals surface area contributed by atoms with Crippen LogP contribution >= 0.6 is 0 Å². The van der Waals surface area contributed by atoms with Crippen LogP contribution in [-0.2, 0) is 9.84 Å². The molecule has 0 N–H and O–H groups in total. The van der Waals surface area contributed by atoms with Crippen molar-refractivity contribution in [2.45, 2.75) is 4.90 Å². The molecule has 0 radical (unpaired) electrons. The molecule has 0 spiro atoms. The molecule has 0 amide bonds. The van der Waals surface area contributed by atoms with Crippen LogP contribution in [-0.4, -0.2) is 21.0 Å². The van der Waals surface area contributed by atoms with Crippen molar-refractivity contribution in [3.05, 3.63) is 66.2 Å². The molecule has 3 nitrogen and oxygen atoms in total. The Balaban J connectivity index is 2.21. The third kappa shape index (κ3) is 2.53. The van der Waals surface area contributed by atoms with Gasteiger partial charge in [-0.1, -0.05) is 48.5 Å². The fourth-order valence-electron chi connectivity index (χ4n) is 2.56. The highest BCUT2D eigenvalue weighted by atomic mass is 32.2. The van der Waals surface area contributed by atoms with E-state index >= 15 is 0 Å². The minimum Gasteiger partial charge on any atom is -0.298 e. The second kappa shape index (κ2) is 5.39. The third-order valence-corrected chi connectivity index (χ3v) is 4.81. The smallest absolute Gasteiger partial charge is 0.175 e. The maximum Gasteiger partial charge on any atom is 0.175 e. The van der Waals surface area contributed by atoms with Gasteiger partial charge in [-0.25, -0.2) is 8.42 Å². The summed E-state index contributed by atoms with van der Waals surface area (Å²) in [6.45, 7) is 0. The SMILES string of the molecule is CS(=O)(=O)c1ccc(-c2ccc(C=O)c3ccccc23)cc1. The van der Waals surface area contributed by atoms with Crippen LogP contribution in [0.1, 0.15) is 10.4 Å². The van der Waals surface area contributed by atoms with Crippen molar-refractivity contribution in [1.82, 2.24) is 0 Å². The number of sulfone groups is 1. The largest absolute Gasteiger partial charge is 0.298 e. The summed E-state index contributed by atoms with van der Waals surface area (Å²) in [6.07, 6.45) is 2.04. The lowest BCUT2D eigenvalue weighted by atomic mass is 9.95. The zero-order chi connectivity index (χ0) is 15.7. The zero-order valence-electron chi connectivity index (χ0n) is 12.0. The van der Waals surface area contributed by atoms with Crippen LogP contribution in [0, 0.1) is 0 Å². The molecule has 3 rings (SSSR count). The van der Waals surface area contributed by atoms with Gasteiger partial charge >= 0.3 is 0 Å². The standard InChI is InChI=1S/C18H14O3S/c1-22(20,21)15-9-6-13(7-10-15)17-11-8-14(12-19)16-4-2-3-5-18(16)17/h2-12H,1H3. The summed E-state index contributed by atoms with van der Waals surface area (Å²) in [7, 11) is -3.20. The molecule has 0 fully saturated rings. The van der Waals surface area contributed by atoms with Crippen molar-refractivity contribution in [2.24, 2.45) is 0 Å². The maximum absolute atomic E-state index is 11.5. The molecule has 0 unspecified atom stereocenters. The van der Waals surface area contributed by atoms with Gasteiger partial charge in [0.25, 0.3) is 0 Å². The van der Waals surface area contributed by atoms with E-state index in [0.717, 1.165) is 28.2 Å². The number of fused-ring (bicyclic) bond motifs is 1. The molecule has 110 valence electrons. The third-order valence-electron chi connectivity index (χ3n) is 3.68. The molecular weight excluding hydrogens is 296 g/mol. The molecule has 4 heteroatoms. The number of carbonyl (C=O) groups is 1. The van der Waals surface area contributed by atoms with E-state index in [4.69, 9.17) is 0 Å². The predicted octanol–water partition coefficient (Wildman–Crippen LogP) is 3.72. The van der Waals surface area contributed by atoms with Gasteiger partial charge in [0.2, 0.25) is 0 Å². The number of benzene rings is 3. The normalized spacial score (nSPS) is 11.5. The quantitative estimate of drug-likeness (QED) is 0.693. The number of carbonyl (C=O) groups excluding carboxylic acids is 1. The van der Waals surface area contributed by atoms with Crippen molar-refractivity contribution in [3.63, 3.8) is 0 Å². The summed E-state index contributed by atoms with van der Waals surface area (Å²) < 4.78 is 23.1. The Morgan fingerprint density at radius 3 is 2.05 bits per heavy atom. The highest BCUT2D eigenvalue weighted by molar-refractivity contribution is 7.90. The zero-order valence-corrected chi connectivity index (χ0v) is 12.8. The summed E-state index contributed by atoms with van der Waals surface area (Å²) in [5.74, 6) is 0. The van der Waals surface area contributed by atoms with Crippen molar-refractivity contribution < 1.29 is 13.2 Å². The molecule has 0 atom stereocenters. The lowest BCUT2D eigenvalue weighted by Gasteiger charge is -2.09. The highest BCUT2D eigenvalue weighted by Crippen LogP contribution is 2.30. The number of hydrogen-bond acceptors (Lipinski definition) is 3. The van der Waals surface area contributed by atoms with Crippen LogP contribution in [0.2, 0.25) is 0 Å². The molecule has 0 aliphatic heterocycles. The lowest BCUT2D eigenvalue weighted by molar-refractivity contribution is 0.112. The fraction of sp³-hybridized carbons (Fsp3) is 0.0556. The predicted molar refractivity (Wildman–Crippen MR) is 87.9 cm³/mol. The van der Waals surface area contributed by atoms with Crippen molar-refractivity contribution in [2.75, 3.05) is 6.26 Å². The van der Waals surface area contributed by atoms with E-state index in [-0.39, 0.29) is 0 Å². The first-order valence-electron chi connectivity index (χ1n) is 6.78. The van der Waals surface area contributed by atoms with E-state index in [1.807, 2.05) is 30.3 Å². The average Bonchev–Trinajstić information content (AvgIpc) is 2.53. The van der Waals surface area contributed by atoms with Gasteiger partial charge in [-0.05, 0) is 34.0 Å². The Morgan fingerprint density at radius 1 is 0.818 bits per heavy atom. The van der Waals surface area contributed by atoms with Crippen molar-refractivity contribution in [1.29, 1.82) is 0 Å². The maximum atomic E-state index is 11.5. The van der Waals surface area contributed by atoms with Crippen molar-refractivity contribution >= 4 is 26.9 Å². The highest BCUT2D eigenvalue weighted by Gasteiger charge is 2.10. The summed E-state index contributed by atoms with van der Waals surface area (Å²) in [6, 6.07) is 18.2.